The second-order valence-corrected chi connectivity index (χ2v) is 4.74. The van der Waals surface area contributed by atoms with Gasteiger partial charge in [0.2, 0.25) is 0 Å². The molecule has 0 aromatic heterocycles. The van der Waals surface area contributed by atoms with Gasteiger partial charge < -0.3 is 10.8 Å². The number of halogens is 1. The summed E-state index contributed by atoms with van der Waals surface area (Å²) >= 11 is 0. The molecular weight excluding hydrogens is 222 g/mol. The summed E-state index contributed by atoms with van der Waals surface area (Å²) in [6, 6.07) is 4.04. The summed E-state index contributed by atoms with van der Waals surface area (Å²) in [7, 11) is 0. The van der Waals surface area contributed by atoms with Gasteiger partial charge in [-0.3, -0.25) is 0 Å². The molecule has 0 aliphatic carbocycles. The Labute approximate surface area is 104 Å². The molecule has 1 atom stereocenters. The number of aryl methyl sites for hydroxylation is 2. The van der Waals surface area contributed by atoms with E-state index in [1.165, 1.54) is 0 Å². The second kappa shape index (κ2) is 6.12. The van der Waals surface area contributed by atoms with E-state index in [-0.39, 0.29) is 18.4 Å². The lowest BCUT2D eigenvalue weighted by Crippen LogP contribution is -2.13. The van der Waals surface area contributed by atoms with Gasteiger partial charge in [0.15, 0.2) is 0 Å². The molecule has 16 heavy (non-hydrogen) atoms. The molecule has 0 amide bonds. The van der Waals surface area contributed by atoms with Crippen LogP contribution in [0.25, 0.3) is 0 Å². The monoisotopic (exact) mass is 243 g/mol. The van der Waals surface area contributed by atoms with Crippen molar-refractivity contribution in [2.75, 3.05) is 0 Å². The van der Waals surface area contributed by atoms with Crippen LogP contribution in [0.15, 0.2) is 12.1 Å². The maximum absolute atomic E-state index is 9.65. The molecule has 0 radical (unpaired) electrons. The highest BCUT2D eigenvalue weighted by Crippen LogP contribution is 2.27. The summed E-state index contributed by atoms with van der Waals surface area (Å²) < 4.78 is 0. The van der Waals surface area contributed by atoms with Gasteiger partial charge in [-0.05, 0) is 42.9 Å². The first-order valence-corrected chi connectivity index (χ1v) is 5.47. The van der Waals surface area contributed by atoms with E-state index in [1.54, 1.807) is 0 Å². The van der Waals surface area contributed by atoms with Crippen LogP contribution < -0.4 is 5.73 Å². The minimum absolute atomic E-state index is 0. The molecule has 3 N–H and O–H groups in total. The van der Waals surface area contributed by atoms with Gasteiger partial charge in [-0.15, -0.1) is 12.4 Å². The second-order valence-electron chi connectivity index (χ2n) is 4.74. The summed E-state index contributed by atoms with van der Waals surface area (Å²) in [6.45, 7) is 8.15. The molecule has 0 unspecified atom stereocenters. The van der Waals surface area contributed by atoms with Gasteiger partial charge in [0.05, 0.1) is 0 Å². The summed E-state index contributed by atoms with van der Waals surface area (Å²) in [5.74, 6) is 0.977. The third kappa shape index (κ3) is 3.69. The van der Waals surface area contributed by atoms with Crippen LogP contribution in [0.4, 0.5) is 0 Å². The summed E-state index contributed by atoms with van der Waals surface area (Å²) in [5.41, 5.74) is 9.04. The molecule has 0 saturated carbocycles. The van der Waals surface area contributed by atoms with E-state index in [2.05, 4.69) is 13.8 Å². The highest BCUT2D eigenvalue weighted by molar-refractivity contribution is 5.85. The average molecular weight is 244 g/mol. The lowest BCUT2D eigenvalue weighted by atomic mass is 9.95. The molecule has 0 aliphatic heterocycles. The van der Waals surface area contributed by atoms with Gasteiger partial charge in [0.25, 0.3) is 0 Å². The van der Waals surface area contributed by atoms with Crippen molar-refractivity contribution in [2.45, 2.75) is 40.2 Å². The zero-order chi connectivity index (χ0) is 11.6. The van der Waals surface area contributed by atoms with Crippen molar-refractivity contribution in [1.82, 2.24) is 0 Å². The molecule has 0 heterocycles. The van der Waals surface area contributed by atoms with E-state index in [9.17, 15) is 5.11 Å². The van der Waals surface area contributed by atoms with Crippen LogP contribution in [0.3, 0.4) is 0 Å². The maximum Gasteiger partial charge on any atom is 0.121 e. The van der Waals surface area contributed by atoms with Crippen molar-refractivity contribution >= 4 is 12.4 Å². The summed E-state index contributed by atoms with van der Waals surface area (Å²) in [6.07, 6.45) is 0.976. The smallest absolute Gasteiger partial charge is 0.121 e. The van der Waals surface area contributed by atoms with Crippen LogP contribution in [0.2, 0.25) is 0 Å². The number of phenolic OH excluding ortho intramolecular Hbond substituents is 1. The zero-order valence-electron chi connectivity index (χ0n) is 10.4. The number of hydrogen-bond acceptors (Lipinski definition) is 2. The number of rotatable bonds is 3. The van der Waals surface area contributed by atoms with Crippen molar-refractivity contribution in [3.8, 4) is 5.75 Å². The summed E-state index contributed by atoms with van der Waals surface area (Å²) in [5, 5.41) is 9.65. The van der Waals surface area contributed by atoms with Crippen LogP contribution in [0.1, 0.15) is 43.0 Å². The van der Waals surface area contributed by atoms with E-state index in [0.717, 1.165) is 23.1 Å². The molecular formula is C13H22ClNO. The van der Waals surface area contributed by atoms with Crippen LogP contribution in [-0.2, 0) is 0 Å². The Kier molecular flexibility index (Phi) is 5.84. The van der Waals surface area contributed by atoms with Crippen LogP contribution in [0, 0.1) is 19.8 Å². The first-order valence-electron chi connectivity index (χ1n) is 5.47. The van der Waals surface area contributed by atoms with E-state index in [0.29, 0.717) is 11.7 Å². The quantitative estimate of drug-likeness (QED) is 0.854. The molecule has 0 fully saturated rings. The molecule has 0 saturated heterocycles. The van der Waals surface area contributed by atoms with Gasteiger partial charge in [-0.25, -0.2) is 0 Å². The number of benzene rings is 1. The Morgan fingerprint density at radius 3 is 2.00 bits per heavy atom. The van der Waals surface area contributed by atoms with Gasteiger partial charge in [0.1, 0.15) is 5.75 Å². The van der Waals surface area contributed by atoms with Crippen molar-refractivity contribution in [3.63, 3.8) is 0 Å². The topological polar surface area (TPSA) is 46.2 Å². The lowest BCUT2D eigenvalue weighted by Gasteiger charge is -2.16. The Morgan fingerprint density at radius 1 is 1.19 bits per heavy atom. The third-order valence-electron chi connectivity index (χ3n) is 2.67. The van der Waals surface area contributed by atoms with Gasteiger partial charge in [-0.2, -0.15) is 0 Å². The van der Waals surface area contributed by atoms with E-state index in [4.69, 9.17) is 5.73 Å². The van der Waals surface area contributed by atoms with Gasteiger partial charge in [-0.1, -0.05) is 26.0 Å². The van der Waals surface area contributed by atoms with Crippen LogP contribution in [-0.4, -0.2) is 5.11 Å². The predicted octanol–water partition coefficient (Wildman–Crippen LogP) is 3.48. The standard InChI is InChI=1S/C13H21NO.ClH/c1-8(2)5-12(14)11-6-9(3)13(15)10(4)7-11;/h6-8,12,15H,5,14H2,1-4H3;1H/t12-;/m0./s1. The van der Waals surface area contributed by atoms with Crippen molar-refractivity contribution in [1.29, 1.82) is 0 Å². The molecule has 0 spiro atoms. The molecule has 92 valence electrons. The molecule has 2 nitrogen and oxygen atoms in total. The van der Waals surface area contributed by atoms with Gasteiger partial charge in [0, 0.05) is 6.04 Å². The molecule has 0 bridgehead atoms. The molecule has 1 aromatic carbocycles. The van der Waals surface area contributed by atoms with Crippen molar-refractivity contribution < 1.29 is 5.11 Å². The highest BCUT2D eigenvalue weighted by atomic mass is 35.5. The third-order valence-corrected chi connectivity index (χ3v) is 2.67. The maximum atomic E-state index is 9.65. The number of nitrogens with two attached hydrogens (primary N) is 1. The summed E-state index contributed by atoms with van der Waals surface area (Å²) in [4.78, 5) is 0. The Balaban J connectivity index is 0.00000225. The zero-order valence-corrected chi connectivity index (χ0v) is 11.3. The molecule has 1 aromatic rings. The predicted molar refractivity (Wildman–Crippen MR) is 71.2 cm³/mol. The molecule has 3 heteroatoms. The average Bonchev–Trinajstić information content (AvgIpc) is 2.12. The first-order chi connectivity index (χ1) is 6.91. The van der Waals surface area contributed by atoms with E-state index >= 15 is 0 Å². The minimum Gasteiger partial charge on any atom is -0.507 e. The van der Waals surface area contributed by atoms with Gasteiger partial charge >= 0.3 is 0 Å². The SMILES string of the molecule is Cc1cc([C@@H](N)CC(C)C)cc(C)c1O.Cl. The van der Waals surface area contributed by atoms with E-state index in [1.807, 2.05) is 26.0 Å². The normalized spacial score (nSPS) is 12.4. The number of phenols is 1. The minimum atomic E-state index is 0. The molecule has 0 aliphatic rings. The van der Waals surface area contributed by atoms with Crippen molar-refractivity contribution in [2.24, 2.45) is 11.7 Å². The number of hydrogen-bond donors (Lipinski definition) is 2. The first kappa shape index (κ1) is 15.3. The van der Waals surface area contributed by atoms with Crippen molar-refractivity contribution in [3.05, 3.63) is 28.8 Å². The largest absolute Gasteiger partial charge is 0.507 e. The fourth-order valence-corrected chi connectivity index (χ4v) is 1.85. The Bertz CT molecular complexity index is 327. The van der Waals surface area contributed by atoms with E-state index < -0.39 is 0 Å². The Morgan fingerprint density at radius 2 is 1.62 bits per heavy atom. The number of aromatic hydroxyl groups is 1. The fraction of sp³-hybridized carbons (Fsp3) is 0.538. The lowest BCUT2D eigenvalue weighted by molar-refractivity contribution is 0.465. The molecule has 1 rings (SSSR count). The fourth-order valence-electron chi connectivity index (χ4n) is 1.85. The van der Waals surface area contributed by atoms with Crippen LogP contribution in [0.5, 0.6) is 5.75 Å². The highest BCUT2D eigenvalue weighted by Gasteiger charge is 2.11. The Hall–Kier alpha value is -0.730. The van der Waals surface area contributed by atoms with Crippen LogP contribution >= 0.6 is 12.4 Å².